The molecule has 0 aromatic carbocycles. The van der Waals surface area contributed by atoms with Crippen molar-refractivity contribution in [3.8, 4) is 0 Å². The van der Waals surface area contributed by atoms with Crippen molar-refractivity contribution in [1.82, 2.24) is 10.3 Å². The first kappa shape index (κ1) is 12.1. The van der Waals surface area contributed by atoms with Gasteiger partial charge in [-0.2, -0.15) is 0 Å². The molecule has 1 saturated carbocycles. The van der Waals surface area contributed by atoms with Crippen molar-refractivity contribution < 1.29 is 0 Å². The van der Waals surface area contributed by atoms with E-state index in [1.54, 1.807) is 11.3 Å². The third-order valence-corrected chi connectivity index (χ3v) is 5.20. The van der Waals surface area contributed by atoms with Gasteiger partial charge in [0, 0.05) is 11.1 Å². The summed E-state index contributed by atoms with van der Waals surface area (Å²) in [5.41, 5.74) is 1.23. The van der Waals surface area contributed by atoms with Crippen LogP contribution in [0.25, 0.3) is 0 Å². The summed E-state index contributed by atoms with van der Waals surface area (Å²) in [4.78, 5) is 4.68. The summed E-state index contributed by atoms with van der Waals surface area (Å²) < 4.78 is 0. The lowest BCUT2D eigenvalue weighted by molar-refractivity contribution is 0.187. The van der Waals surface area contributed by atoms with Crippen molar-refractivity contribution in [2.24, 2.45) is 5.92 Å². The van der Waals surface area contributed by atoms with Gasteiger partial charge in [0.2, 0.25) is 0 Å². The molecular weight excluding hydrogens is 216 g/mol. The minimum Gasteiger partial charge on any atom is -0.308 e. The van der Waals surface area contributed by atoms with Crippen LogP contribution in [0, 0.1) is 12.8 Å². The van der Waals surface area contributed by atoms with Gasteiger partial charge in [0.05, 0.1) is 5.54 Å². The highest BCUT2D eigenvalue weighted by atomic mass is 32.1. The van der Waals surface area contributed by atoms with Gasteiger partial charge in [0.25, 0.3) is 0 Å². The summed E-state index contributed by atoms with van der Waals surface area (Å²) in [7, 11) is 2.07. The van der Waals surface area contributed by atoms with Crippen molar-refractivity contribution in [1.29, 1.82) is 0 Å². The Hall–Kier alpha value is -0.410. The van der Waals surface area contributed by atoms with Gasteiger partial charge in [-0.15, -0.1) is 11.3 Å². The predicted octanol–water partition coefficient (Wildman–Crippen LogP) is 3.47. The van der Waals surface area contributed by atoms with Gasteiger partial charge in [-0.3, -0.25) is 0 Å². The van der Waals surface area contributed by atoms with Gasteiger partial charge in [-0.25, -0.2) is 4.98 Å². The van der Waals surface area contributed by atoms with Crippen LogP contribution in [0.2, 0.25) is 0 Å². The van der Waals surface area contributed by atoms with Crippen molar-refractivity contribution in [3.05, 3.63) is 16.1 Å². The smallest absolute Gasteiger partial charge is 0.113 e. The molecule has 1 aliphatic rings. The molecule has 0 amide bonds. The summed E-state index contributed by atoms with van der Waals surface area (Å²) in [6.45, 7) is 4.40. The van der Waals surface area contributed by atoms with Crippen molar-refractivity contribution in [2.45, 2.75) is 51.5 Å². The third-order valence-electron chi connectivity index (χ3n) is 4.00. The van der Waals surface area contributed by atoms with Crippen LogP contribution in [-0.2, 0) is 5.54 Å². The second-order valence-corrected chi connectivity index (χ2v) is 5.94. The zero-order valence-electron chi connectivity index (χ0n) is 10.5. The number of aromatic nitrogens is 1. The second-order valence-electron chi connectivity index (χ2n) is 5.08. The zero-order valence-corrected chi connectivity index (χ0v) is 11.4. The Kier molecular flexibility index (Phi) is 3.65. The molecule has 1 N–H and O–H groups in total. The molecular formula is C13H22N2S. The first-order chi connectivity index (χ1) is 7.66. The molecule has 0 bridgehead atoms. The van der Waals surface area contributed by atoms with Crippen LogP contribution in [0.3, 0.4) is 0 Å². The van der Waals surface area contributed by atoms with Crippen molar-refractivity contribution in [2.75, 3.05) is 7.05 Å². The summed E-state index contributed by atoms with van der Waals surface area (Å²) in [6.07, 6.45) is 6.86. The van der Waals surface area contributed by atoms with Crippen LogP contribution < -0.4 is 5.32 Å². The van der Waals surface area contributed by atoms with Crippen molar-refractivity contribution >= 4 is 11.3 Å². The van der Waals surface area contributed by atoms with E-state index in [2.05, 4.69) is 36.6 Å². The zero-order chi connectivity index (χ0) is 11.6. The average molecular weight is 238 g/mol. The summed E-state index contributed by atoms with van der Waals surface area (Å²) in [6, 6.07) is 0. The molecule has 1 heterocycles. The van der Waals surface area contributed by atoms with E-state index in [9.17, 15) is 0 Å². The van der Waals surface area contributed by atoms with Crippen LogP contribution in [0.4, 0.5) is 0 Å². The van der Waals surface area contributed by atoms with Gasteiger partial charge in [-0.05, 0) is 39.7 Å². The largest absolute Gasteiger partial charge is 0.308 e. The van der Waals surface area contributed by atoms with E-state index in [1.165, 1.54) is 37.1 Å². The molecule has 0 radical (unpaired) electrons. The van der Waals surface area contributed by atoms with Crippen LogP contribution in [0.1, 0.15) is 49.7 Å². The van der Waals surface area contributed by atoms with E-state index in [4.69, 9.17) is 0 Å². The van der Waals surface area contributed by atoms with E-state index >= 15 is 0 Å². The van der Waals surface area contributed by atoms with Crippen LogP contribution >= 0.6 is 11.3 Å². The Morgan fingerprint density at radius 1 is 1.38 bits per heavy atom. The normalized spacial score (nSPS) is 21.9. The number of hydrogen-bond donors (Lipinski definition) is 1. The fraction of sp³-hybridized carbons (Fsp3) is 0.769. The van der Waals surface area contributed by atoms with Gasteiger partial charge < -0.3 is 5.32 Å². The molecule has 1 aliphatic carbocycles. The third kappa shape index (κ3) is 2.16. The first-order valence-electron chi connectivity index (χ1n) is 6.28. The Balaban J connectivity index is 2.23. The summed E-state index contributed by atoms with van der Waals surface area (Å²) in [5, 5.41) is 6.95. The van der Waals surface area contributed by atoms with E-state index < -0.39 is 0 Å². The fourth-order valence-corrected chi connectivity index (χ4v) is 3.80. The molecule has 1 aromatic rings. The number of nitrogens with one attached hydrogen (secondary N) is 1. The molecule has 0 spiro atoms. The number of aryl methyl sites for hydroxylation is 1. The Morgan fingerprint density at radius 3 is 2.56 bits per heavy atom. The number of thiazole rings is 1. The molecule has 2 rings (SSSR count). The molecule has 0 saturated heterocycles. The molecule has 0 aliphatic heterocycles. The Bertz CT molecular complexity index is 341. The topological polar surface area (TPSA) is 24.9 Å². The minimum absolute atomic E-state index is 0.0827. The molecule has 2 nitrogen and oxygen atoms in total. The molecule has 3 heteroatoms. The number of nitrogens with zero attached hydrogens (tertiary/aromatic N) is 1. The lowest BCUT2D eigenvalue weighted by Crippen LogP contribution is -2.44. The van der Waals surface area contributed by atoms with E-state index in [-0.39, 0.29) is 5.54 Å². The highest BCUT2D eigenvalue weighted by Crippen LogP contribution is 2.39. The van der Waals surface area contributed by atoms with E-state index in [0.29, 0.717) is 0 Å². The van der Waals surface area contributed by atoms with Crippen molar-refractivity contribution in [3.63, 3.8) is 0 Å². The maximum atomic E-state index is 4.68. The number of hydrogen-bond acceptors (Lipinski definition) is 3. The lowest BCUT2D eigenvalue weighted by Gasteiger charge is -2.38. The highest BCUT2D eigenvalue weighted by Gasteiger charge is 2.37. The molecule has 90 valence electrons. The van der Waals surface area contributed by atoms with Crippen LogP contribution in [0.5, 0.6) is 0 Å². The van der Waals surface area contributed by atoms with Gasteiger partial charge >= 0.3 is 0 Å². The molecule has 1 atom stereocenters. The number of rotatable bonds is 3. The molecule has 1 fully saturated rings. The summed E-state index contributed by atoms with van der Waals surface area (Å²) >= 11 is 1.80. The first-order valence-corrected chi connectivity index (χ1v) is 7.16. The molecule has 1 unspecified atom stereocenters. The van der Waals surface area contributed by atoms with Crippen LogP contribution in [-0.4, -0.2) is 12.0 Å². The summed E-state index contributed by atoms with van der Waals surface area (Å²) in [5.74, 6) is 0.747. The quantitative estimate of drug-likeness (QED) is 0.872. The fourth-order valence-electron chi connectivity index (χ4n) is 2.76. The van der Waals surface area contributed by atoms with E-state index in [0.717, 1.165) is 11.6 Å². The second kappa shape index (κ2) is 4.84. The van der Waals surface area contributed by atoms with Gasteiger partial charge in [-0.1, -0.05) is 19.3 Å². The van der Waals surface area contributed by atoms with Gasteiger partial charge in [0.15, 0.2) is 0 Å². The molecule has 16 heavy (non-hydrogen) atoms. The minimum atomic E-state index is 0.0827. The maximum Gasteiger partial charge on any atom is 0.113 e. The van der Waals surface area contributed by atoms with E-state index in [1.807, 2.05) is 0 Å². The lowest BCUT2D eigenvalue weighted by atomic mass is 9.76. The monoisotopic (exact) mass is 238 g/mol. The average Bonchev–Trinajstić information content (AvgIpc) is 2.76. The van der Waals surface area contributed by atoms with Crippen LogP contribution in [0.15, 0.2) is 5.38 Å². The Morgan fingerprint density at radius 2 is 2.06 bits per heavy atom. The van der Waals surface area contributed by atoms with Gasteiger partial charge in [0.1, 0.15) is 5.01 Å². The maximum absolute atomic E-state index is 4.68. The highest BCUT2D eigenvalue weighted by molar-refractivity contribution is 7.09. The Labute approximate surface area is 102 Å². The predicted molar refractivity (Wildman–Crippen MR) is 69.8 cm³/mol. The molecule has 1 aromatic heterocycles. The standard InChI is InChI=1S/C13H22N2S/c1-10-9-16-12(15-10)13(2,14-3)11-7-5-4-6-8-11/h9,11,14H,4-8H2,1-3H3. The SMILES string of the molecule is CNC(C)(c1nc(C)cs1)C1CCCCC1.